The molecule has 6 bridgehead atoms. The van der Waals surface area contributed by atoms with Gasteiger partial charge in [-0.3, -0.25) is 0 Å². The fraction of sp³-hybridized carbons (Fsp3) is 0.390. The summed E-state index contributed by atoms with van der Waals surface area (Å²) < 4.78 is 75.2. The smallest absolute Gasteiger partial charge is 0.161 e. The van der Waals surface area contributed by atoms with Crippen molar-refractivity contribution in [3.63, 3.8) is 0 Å². The van der Waals surface area contributed by atoms with E-state index in [4.69, 9.17) is 56.8 Å². The molecule has 0 aliphatic carbocycles. The third-order valence-corrected chi connectivity index (χ3v) is 12.4. The molecule has 0 aromatic heterocycles. The first-order chi connectivity index (χ1) is 34.9. The van der Waals surface area contributed by atoms with Gasteiger partial charge in [-0.1, -0.05) is 72.8 Å². The molecule has 0 radical (unpaired) electrons. The number of ether oxygens (including phenoxy) is 12. The minimum atomic E-state index is 0.326. The summed E-state index contributed by atoms with van der Waals surface area (Å²) in [6.45, 7) is 14.1. The zero-order chi connectivity index (χ0) is 49.0. The molecule has 12 heteroatoms. The molecule has 0 fully saturated rings. The van der Waals surface area contributed by atoms with Crippen molar-refractivity contribution in [3.05, 3.63) is 165 Å². The van der Waals surface area contributed by atoms with Crippen molar-refractivity contribution < 1.29 is 56.8 Å². The fourth-order valence-electron chi connectivity index (χ4n) is 8.46. The summed E-state index contributed by atoms with van der Waals surface area (Å²) in [5.74, 6) is 5.86. The second kappa shape index (κ2) is 26.7. The third-order valence-electron chi connectivity index (χ3n) is 12.4. The largest absolute Gasteiger partial charge is 0.491 e. The molecule has 2 aliphatic rings. The molecular weight excluding hydrogens is 901 g/mol. The van der Waals surface area contributed by atoms with Crippen LogP contribution in [0.15, 0.2) is 109 Å². The topological polar surface area (TPSA) is 111 Å². The van der Waals surface area contributed by atoms with E-state index in [1.807, 2.05) is 60.7 Å². The van der Waals surface area contributed by atoms with Gasteiger partial charge in [-0.2, -0.15) is 0 Å². The molecule has 0 atom stereocenters. The van der Waals surface area contributed by atoms with Gasteiger partial charge in [0.1, 0.15) is 75.9 Å². The van der Waals surface area contributed by atoms with E-state index in [1.165, 1.54) is 0 Å². The van der Waals surface area contributed by atoms with E-state index in [1.54, 1.807) is 0 Å². The Morgan fingerprint density at radius 2 is 0.479 bits per heavy atom. The first-order valence-electron chi connectivity index (χ1n) is 24.8. The van der Waals surface area contributed by atoms with Crippen molar-refractivity contribution in [2.45, 2.75) is 47.0 Å². The van der Waals surface area contributed by atoms with Gasteiger partial charge in [-0.15, -0.1) is 0 Å². The molecule has 6 aromatic carbocycles. The Hall–Kier alpha value is -6.44. The molecule has 0 amide bonds. The Morgan fingerprint density at radius 3 is 0.789 bits per heavy atom. The number of hydrogen-bond acceptors (Lipinski definition) is 12. The minimum Gasteiger partial charge on any atom is -0.491 e. The van der Waals surface area contributed by atoms with Crippen LogP contribution < -0.4 is 37.9 Å². The summed E-state index contributed by atoms with van der Waals surface area (Å²) in [5.41, 5.74) is 10.6. The van der Waals surface area contributed by atoms with Crippen LogP contribution in [0, 0.1) is 27.7 Å². The summed E-state index contributed by atoms with van der Waals surface area (Å²) in [6.07, 6.45) is 1.69. The molecule has 2 aliphatic heterocycles. The van der Waals surface area contributed by atoms with E-state index in [2.05, 4.69) is 76.2 Å². The van der Waals surface area contributed by atoms with Crippen LogP contribution in [0.25, 0.3) is 0 Å². The lowest BCUT2D eigenvalue weighted by atomic mass is 9.94. The summed E-state index contributed by atoms with van der Waals surface area (Å²) >= 11 is 0. The summed E-state index contributed by atoms with van der Waals surface area (Å²) in [6, 6.07) is 37.0. The highest BCUT2D eigenvalue weighted by atomic mass is 16.6. The Labute approximate surface area is 418 Å². The fourth-order valence-corrected chi connectivity index (χ4v) is 8.46. The lowest BCUT2D eigenvalue weighted by molar-refractivity contribution is 0.0695. The number of benzene rings is 6. The van der Waals surface area contributed by atoms with Gasteiger partial charge in [0, 0.05) is 19.3 Å². The Morgan fingerprint density at radius 1 is 0.239 bits per heavy atom. The number of fused-ring (bicyclic) bond motifs is 4. The quantitative estimate of drug-likeness (QED) is 0.145. The second-order valence-corrected chi connectivity index (χ2v) is 17.6. The molecule has 0 saturated heterocycles. The average Bonchev–Trinajstić information content (AvgIpc) is 3.36. The SMILES string of the molecule is Cc1cc2c(cc1C)OCCOCCOc1c3cccc1Cc1cccc(c1OCCOCCOc1cc(C)c(C)cc1OCCOCCOc1ccccc1C3)Cc1ccccc1OCCOCCO2. The number of aryl methyl sites for hydroxylation is 4. The lowest BCUT2D eigenvalue weighted by Crippen LogP contribution is -2.15. The Bertz CT molecular complexity index is 2450. The lowest BCUT2D eigenvalue weighted by Gasteiger charge is -2.20. The second-order valence-electron chi connectivity index (χ2n) is 17.6. The van der Waals surface area contributed by atoms with E-state index in [0.29, 0.717) is 148 Å². The van der Waals surface area contributed by atoms with Gasteiger partial charge in [0.15, 0.2) is 23.0 Å². The first-order valence-corrected chi connectivity index (χ1v) is 24.8. The highest BCUT2D eigenvalue weighted by Crippen LogP contribution is 2.37. The first kappa shape index (κ1) is 50.9. The summed E-state index contributed by atoms with van der Waals surface area (Å²) in [4.78, 5) is 0. The zero-order valence-electron chi connectivity index (χ0n) is 41.7. The van der Waals surface area contributed by atoms with Gasteiger partial charge in [-0.05, 0) is 120 Å². The van der Waals surface area contributed by atoms with E-state index in [-0.39, 0.29) is 0 Å². The van der Waals surface area contributed by atoms with Crippen molar-refractivity contribution in [1.29, 1.82) is 0 Å². The van der Waals surface area contributed by atoms with Crippen LogP contribution in [0.1, 0.15) is 55.6 Å². The Balaban J connectivity index is 1.09. The molecule has 6 aromatic rings. The molecule has 71 heavy (non-hydrogen) atoms. The van der Waals surface area contributed by atoms with Gasteiger partial charge in [0.2, 0.25) is 0 Å². The van der Waals surface area contributed by atoms with E-state index in [0.717, 1.165) is 78.6 Å². The van der Waals surface area contributed by atoms with Crippen molar-refractivity contribution in [3.8, 4) is 46.0 Å². The maximum atomic E-state index is 6.78. The predicted molar refractivity (Wildman–Crippen MR) is 273 cm³/mol. The van der Waals surface area contributed by atoms with E-state index >= 15 is 0 Å². The van der Waals surface area contributed by atoms with Crippen LogP contribution in [-0.2, 0) is 38.2 Å². The molecule has 2 heterocycles. The molecule has 0 saturated carbocycles. The van der Waals surface area contributed by atoms with Crippen LogP contribution in [0.3, 0.4) is 0 Å². The molecule has 376 valence electrons. The normalized spacial score (nSPS) is 16.3. The third kappa shape index (κ3) is 14.8. The molecule has 12 nitrogen and oxygen atoms in total. The van der Waals surface area contributed by atoms with Crippen molar-refractivity contribution in [2.75, 3.05) is 106 Å². The highest BCUT2D eigenvalue weighted by Gasteiger charge is 2.19. The van der Waals surface area contributed by atoms with Crippen LogP contribution in [0.4, 0.5) is 0 Å². The molecular formula is C59H68O12. The van der Waals surface area contributed by atoms with Crippen molar-refractivity contribution in [1.82, 2.24) is 0 Å². The monoisotopic (exact) mass is 968 g/mol. The van der Waals surface area contributed by atoms with Gasteiger partial charge in [0.25, 0.3) is 0 Å². The Kier molecular flexibility index (Phi) is 19.1. The van der Waals surface area contributed by atoms with Crippen LogP contribution in [0.2, 0.25) is 0 Å². The molecule has 0 N–H and O–H groups in total. The maximum absolute atomic E-state index is 6.78. The summed E-state index contributed by atoms with van der Waals surface area (Å²) in [5, 5.41) is 0. The van der Waals surface area contributed by atoms with E-state index < -0.39 is 0 Å². The van der Waals surface area contributed by atoms with Crippen molar-refractivity contribution in [2.24, 2.45) is 0 Å². The summed E-state index contributed by atoms with van der Waals surface area (Å²) in [7, 11) is 0. The molecule has 8 rings (SSSR count). The van der Waals surface area contributed by atoms with Gasteiger partial charge in [0.05, 0.1) is 52.9 Å². The predicted octanol–water partition coefficient (Wildman–Crippen LogP) is 10.2. The molecule has 0 unspecified atom stereocenters. The maximum Gasteiger partial charge on any atom is 0.161 e. The minimum absolute atomic E-state index is 0.326. The highest BCUT2D eigenvalue weighted by molar-refractivity contribution is 5.53. The number of hydrogen-bond donors (Lipinski definition) is 0. The van der Waals surface area contributed by atoms with Crippen LogP contribution >= 0.6 is 0 Å². The molecule has 0 spiro atoms. The number of para-hydroxylation sites is 4. The standard InChI is InChI=1S/C59H68O12/c1-42-35-54-56(37-44(42)3)68-31-23-62-25-33-70-58-48-13-9-15-50(58)41-51-16-10-14-49(39-46-11-5-7-17-52(46)64-27-19-60-21-29-66-54)59(51)71-34-26-63-24-32-69-57-38-45(4)43(2)36-55(57)67-30-22-61-20-28-65-53-18-8-6-12-47(53)40-48/h5-18,35-38H,19-34,39-41H2,1-4H3. The van der Waals surface area contributed by atoms with Crippen LogP contribution in [-0.4, -0.2) is 106 Å². The van der Waals surface area contributed by atoms with E-state index in [9.17, 15) is 0 Å². The van der Waals surface area contributed by atoms with Gasteiger partial charge in [-0.25, -0.2) is 0 Å². The van der Waals surface area contributed by atoms with Crippen molar-refractivity contribution >= 4 is 0 Å². The van der Waals surface area contributed by atoms with Crippen LogP contribution in [0.5, 0.6) is 46.0 Å². The zero-order valence-corrected chi connectivity index (χ0v) is 41.7. The number of rotatable bonds is 0. The average molecular weight is 969 g/mol. The van der Waals surface area contributed by atoms with Gasteiger partial charge >= 0.3 is 0 Å². The van der Waals surface area contributed by atoms with Gasteiger partial charge < -0.3 is 56.8 Å².